The quantitative estimate of drug-likeness (QED) is 0.143. The maximum absolute atomic E-state index is 15.8. The molecule has 1 atom stereocenters. The molecular weight excluding hydrogens is 559 g/mol. The number of carboxylic acids is 1. The topological polar surface area (TPSA) is 182 Å². The van der Waals surface area contributed by atoms with Gasteiger partial charge in [0.05, 0.1) is 5.92 Å². The fourth-order valence-corrected chi connectivity index (χ4v) is 3.78. The smallest absolute Gasteiger partial charge is 0.350 e. The molecule has 4 aromatic rings. The number of amidine groups is 1. The van der Waals surface area contributed by atoms with Crippen molar-refractivity contribution < 1.29 is 32.5 Å². The molecule has 2 aromatic carbocycles. The normalized spacial score (nSPS) is 11.2. The number of nitrogens with two attached hydrogens (primary N) is 1. The van der Waals surface area contributed by atoms with Crippen molar-refractivity contribution in [3.63, 3.8) is 0 Å². The van der Waals surface area contributed by atoms with Crippen molar-refractivity contribution in [2.24, 2.45) is 5.73 Å². The Morgan fingerprint density at radius 3 is 2.33 bits per heavy atom. The summed E-state index contributed by atoms with van der Waals surface area (Å²) in [7, 11) is 0. The SMILES string of the molecule is CC(=O)O.N=C(N)c1ccc(CC(c2nn(-c3ncccn3)c(=O)[nH]2)c2cc(OCCF)cc(OCCF)c2F)cc1. The molecule has 12 nitrogen and oxygen atoms in total. The average Bonchev–Trinajstić information content (AvgIpc) is 3.36. The van der Waals surface area contributed by atoms with E-state index in [1.54, 1.807) is 30.3 Å². The Morgan fingerprint density at radius 1 is 1.12 bits per heavy atom. The van der Waals surface area contributed by atoms with Crippen LogP contribution < -0.4 is 20.9 Å². The highest BCUT2D eigenvalue weighted by Crippen LogP contribution is 2.36. The first kappa shape index (κ1) is 31.3. The molecule has 0 saturated carbocycles. The molecule has 0 saturated heterocycles. The van der Waals surface area contributed by atoms with Crippen LogP contribution in [-0.4, -0.2) is 68.2 Å². The van der Waals surface area contributed by atoms with E-state index in [1.165, 1.54) is 24.5 Å². The second-order valence-corrected chi connectivity index (χ2v) is 8.56. The first-order valence-corrected chi connectivity index (χ1v) is 12.4. The standard InChI is InChI=1S/C25H24F3N7O3.C2H4O2/c26-6-10-37-17-13-18(21(28)20(14-17)38-11-7-27)19(12-15-2-4-16(5-3-15)22(29)30)23-33-25(36)35(34-23)24-31-8-1-9-32-24;1-2(3)4/h1-5,8-9,13-14,19H,6-7,10-12H2,(H3,29,30)(H,33,34,36);1H3,(H,3,4). The number of nitrogens with one attached hydrogen (secondary N) is 2. The molecular formula is C27H28F3N7O5. The van der Waals surface area contributed by atoms with Crippen LogP contribution in [0.4, 0.5) is 13.2 Å². The van der Waals surface area contributed by atoms with Crippen molar-refractivity contribution in [1.29, 1.82) is 5.41 Å². The molecule has 2 aromatic heterocycles. The fraction of sp³-hybridized carbons (Fsp3) is 0.259. The fourth-order valence-electron chi connectivity index (χ4n) is 3.78. The Kier molecular flexibility index (Phi) is 11.2. The van der Waals surface area contributed by atoms with Gasteiger partial charge < -0.3 is 20.3 Å². The molecule has 0 bridgehead atoms. The number of nitrogens with zero attached hydrogens (tertiary/aromatic N) is 4. The first-order chi connectivity index (χ1) is 20.1. The molecule has 5 N–H and O–H groups in total. The van der Waals surface area contributed by atoms with Gasteiger partial charge in [0.15, 0.2) is 11.6 Å². The van der Waals surface area contributed by atoms with Crippen molar-refractivity contribution in [1.82, 2.24) is 24.7 Å². The highest BCUT2D eigenvalue weighted by atomic mass is 19.1. The minimum absolute atomic E-state index is 0.0111. The number of ether oxygens (including phenoxy) is 2. The lowest BCUT2D eigenvalue weighted by molar-refractivity contribution is -0.134. The van der Waals surface area contributed by atoms with E-state index in [2.05, 4.69) is 20.1 Å². The Bertz CT molecular complexity index is 1540. The number of aromatic amines is 1. The van der Waals surface area contributed by atoms with Gasteiger partial charge in [-0.3, -0.25) is 15.2 Å². The maximum atomic E-state index is 15.8. The third-order valence-electron chi connectivity index (χ3n) is 5.51. The lowest BCUT2D eigenvalue weighted by atomic mass is 9.90. The van der Waals surface area contributed by atoms with Gasteiger partial charge in [0.25, 0.3) is 11.9 Å². The molecule has 1 unspecified atom stereocenters. The lowest BCUT2D eigenvalue weighted by Crippen LogP contribution is -2.18. The van der Waals surface area contributed by atoms with Crippen LogP contribution in [0.2, 0.25) is 0 Å². The van der Waals surface area contributed by atoms with Gasteiger partial charge in [0.1, 0.15) is 44.0 Å². The van der Waals surface area contributed by atoms with E-state index in [4.69, 9.17) is 30.5 Å². The number of aliphatic carboxylic acids is 1. The van der Waals surface area contributed by atoms with Crippen molar-refractivity contribution >= 4 is 11.8 Å². The van der Waals surface area contributed by atoms with E-state index >= 15 is 4.39 Å². The molecule has 0 radical (unpaired) electrons. The van der Waals surface area contributed by atoms with Gasteiger partial charge >= 0.3 is 5.69 Å². The number of rotatable bonds is 12. The minimum atomic E-state index is -0.905. The van der Waals surface area contributed by atoms with Crippen LogP contribution >= 0.6 is 0 Å². The number of aromatic nitrogens is 5. The second kappa shape index (κ2) is 15.0. The predicted molar refractivity (Wildman–Crippen MR) is 145 cm³/mol. The predicted octanol–water partition coefficient (Wildman–Crippen LogP) is 2.94. The zero-order valence-electron chi connectivity index (χ0n) is 22.4. The summed E-state index contributed by atoms with van der Waals surface area (Å²) in [6.07, 6.45) is 3.01. The number of halogens is 3. The molecule has 0 aliphatic heterocycles. The van der Waals surface area contributed by atoms with E-state index in [1.807, 2.05) is 0 Å². The Morgan fingerprint density at radius 2 is 1.74 bits per heavy atom. The van der Waals surface area contributed by atoms with Crippen LogP contribution in [0.5, 0.6) is 11.5 Å². The highest BCUT2D eigenvalue weighted by molar-refractivity contribution is 5.94. The molecule has 222 valence electrons. The van der Waals surface area contributed by atoms with Crippen LogP contribution in [0, 0.1) is 11.2 Å². The van der Waals surface area contributed by atoms with Gasteiger partial charge in [-0.2, -0.15) is 0 Å². The van der Waals surface area contributed by atoms with E-state index in [9.17, 15) is 13.6 Å². The van der Waals surface area contributed by atoms with Gasteiger partial charge in [0, 0.05) is 36.5 Å². The monoisotopic (exact) mass is 587 g/mol. The van der Waals surface area contributed by atoms with E-state index < -0.39 is 43.4 Å². The van der Waals surface area contributed by atoms with Crippen LogP contribution in [0.25, 0.3) is 5.95 Å². The average molecular weight is 588 g/mol. The summed E-state index contributed by atoms with van der Waals surface area (Å²) in [5, 5.41) is 19.3. The summed E-state index contributed by atoms with van der Waals surface area (Å²) in [4.78, 5) is 32.5. The molecule has 42 heavy (non-hydrogen) atoms. The van der Waals surface area contributed by atoms with Crippen LogP contribution in [-0.2, 0) is 11.2 Å². The number of hydrogen-bond donors (Lipinski definition) is 4. The van der Waals surface area contributed by atoms with Crippen LogP contribution in [0.1, 0.15) is 35.4 Å². The van der Waals surface area contributed by atoms with Crippen molar-refractivity contribution in [3.8, 4) is 17.4 Å². The molecule has 0 aliphatic carbocycles. The van der Waals surface area contributed by atoms with Crippen molar-refractivity contribution in [2.45, 2.75) is 19.3 Å². The molecule has 15 heteroatoms. The number of H-pyrrole nitrogens is 1. The highest BCUT2D eigenvalue weighted by Gasteiger charge is 2.27. The Balaban J connectivity index is 0.00000114. The zero-order chi connectivity index (χ0) is 30.6. The Hall–Kier alpha value is -5.21. The third-order valence-corrected chi connectivity index (χ3v) is 5.51. The lowest BCUT2D eigenvalue weighted by Gasteiger charge is -2.19. The zero-order valence-corrected chi connectivity index (χ0v) is 22.4. The van der Waals surface area contributed by atoms with Gasteiger partial charge in [-0.15, -0.1) is 9.78 Å². The minimum Gasteiger partial charge on any atom is -0.491 e. The van der Waals surface area contributed by atoms with Crippen LogP contribution in [0.15, 0.2) is 59.7 Å². The molecule has 0 aliphatic rings. The van der Waals surface area contributed by atoms with Gasteiger partial charge in [-0.25, -0.2) is 27.9 Å². The summed E-state index contributed by atoms with van der Waals surface area (Å²) < 4.78 is 52.9. The van der Waals surface area contributed by atoms with Gasteiger partial charge in [0.2, 0.25) is 0 Å². The number of hydrogen-bond acceptors (Lipinski definition) is 8. The van der Waals surface area contributed by atoms with Crippen molar-refractivity contribution in [2.75, 3.05) is 26.6 Å². The number of carboxylic acid groups (broad SMARTS) is 1. The van der Waals surface area contributed by atoms with Crippen LogP contribution in [0.3, 0.4) is 0 Å². The maximum Gasteiger partial charge on any atom is 0.350 e. The Labute approximate surface area is 237 Å². The van der Waals surface area contributed by atoms with Gasteiger partial charge in [-0.05, 0) is 24.1 Å². The molecule has 0 amide bonds. The van der Waals surface area contributed by atoms with Gasteiger partial charge in [-0.1, -0.05) is 24.3 Å². The second-order valence-electron chi connectivity index (χ2n) is 8.56. The molecule has 0 fully saturated rings. The van der Waals surface area contributed by atoms with E-state index in [0.717, 1.165) is 11.6 Å². The summed E-state index contributed by atoms with van der Waals surface area (Å²) in [5.74, 6) is -2.78. The summed E-state index contributed by atoms with van der Waals surface area (Å²) >= 11 is 0. The molecule has 0 spiro atoms. The largest absolute Gasteiger partial charge is 0.491 e. The number of carbonyl (C=O) groups is 1. The summed E-state index contributed by atoms with van der Waals surface area (Å²) in [6, 6.07) is 10.8. The summed E-state index contributed by atoms with van der Waals surface area (Å²) in [5.41, 5.74) is 6.11. The third kappa shape index (κ3) is 8.39. The number of nitrogen functional groups attached to an aromatic ring is 1. The summed E-state index contributed by atoms with van der Waals surface area (Å²) in [6.45, 7) is -1.25. The molecule has 2 heterocycles. The molecule has 4 rings (SSSR count). The van der Waals surface area contributed by atoms with Crippen molar-refractivity contribution in [3.05, 3.63) is 93.7 Å². The number of alkyl halides is 2. The van der Waals surface area contributed by atoms with E-state index in [0.29, 0.717) is 11.1 Å². The number of benzene rings is 2. The van der Waals surface area contributed by atoms with E-state index in [-0.39, 0.29) is 47.7 Å². The first-order valence-electron chi connectivity index (χ1n) is 12.4.